The molecule has 0 aliphatic heterocycles. The Kier molecular flexibility index (Phi) is 4.51. The predicted molar refractivity (Wildman–Crippen MR) is 73.0 cm³/mol. The molecule has 2 aromatic rings. The molecule has 1 N–H and O–H groups in total. The van der Waals surface area contributed by atoms with Crippen LogP contribution >= 0.6 is 0 Å². The quantitative estimate of drug-likeness (QED) is 0.765. The summed E-state index contributed by atoms with van der Waals surface area (Å²) < 4.78 is 0. The van der Waals surface area contributed by atoms with Crippen molar-refractivity contribution >= 4 is 10.9 Å². The van der Waals surface area contributed by atoms with Crippen LogP contribution in [0.2, 0.25) is 0 Å². The zero-order chi connectivity index (χ0) is 11.9. The van der Waals surface area contributed by atoms with Gasteiger partial charge in [-0.25, -0.2) is 0 Å². The number of nitrogens with one attached hydrogen (secondary N) is 1. The maximum atomic E-state index is 4.37. The molecular formula is C15H20N2. The smallest absolute Gasteiger partial charge is 0.0705 e. The zero-order valence-corrected chi connectivity index (χ0v) is 10.4. The number of pyridine rings is 1. The van der Waals surface area contributed by atoms with E-state index >= 15 is 0 Å². The second-order valence-electron chi connectivity index (χ2n) is 4.37. The first-order valence-corrected chi connectivity index (χ1v) is 6.45. The third-order valence-corrected chi connectivity index (χ3v) is 3.01. The summed E-state index contributed by atoms with van der Waals surface area (Å²) >= 11 is 0. The van der Waals surface area contributed by atoms with Crippen molar-refractivity contribution in [1.82, 2.24) is 10.3 Å². The summed E-state index contributed by atoms with van der Waals surface area (Å²) in [5, 5.41) is 4.76. The van der Waals surface area contributed by atoms with E-state index in [1.54, 1.807) is 0 Å². The number of hydrogen-bond donors (Lipinski definition) is 1. The van der Waals surface area contributed by atoms with Gasteiger partial charge in [-0.3, -0.25) is 4.98 Å². The summed E-state index contributed by atoms with van der Waals surface area (Å²) in [5.41, 5.74) is 2.42. The van der Waals surface area contributed by atoms with Gasteiger partial charge in [0, 0.05) is 18.1 Å². The average Bonchev–Trinajstić information content (AvgIpc) is 2.39. The highest BCUT2D eigenvalue weighted by Crippen LogP contribution is 2.15. The van der Waals surface area contributed by atoms with Crippen LogP contribution < -0.4 is 5.32 Å². The highest BCUT2D eigenvalue weighted by atomic mass is 14.8. The molecule has 0 saturated carbocycles. The number of unbranched alkanes of at least 4 members (excludes halogenated alkanes) is 2. The maximum absolute atomic E-state index is 4.37. The van der Waals surface area contributed by atoms with Gasteiger partial charge in [-0.15, -0.1) is 0 Å². The SMILES string of the molecule is CCCCCNCc1ccnc2ccccc12. The Morgan fingerprint density at radius 3 is 2.88 bits per heavy atom. The minimum atomic E-state index is 0.937. The van der Waals surface area contributed by atoms with E-state index in [1.807, 2.05) is 12.3 Å². The Morgan fingerprint density at radius 2 is 2.00 bits per heavy atom. The molecule has 0 radical (unpaired) electrons. The second kappa shape index (κ2) is 6.36. The summed E-state index contributed by atoms with van der Waals surface area (Å²) in [6.07, 6.45) is 5.74. The molecule has 0 saturated heterocycles. The molecule has 0 fully saturated rings. The van der Waals surface area contributed by atoms with E-state index in [-0.39, 0.29) is 0 Å². The molecule has 0 unspecified atom stereocenters. The van der Waals surface area contributed by atoms with Crippen molar-refractivity contribution in [3.05, 3.63) is 42.1 Å². The zero-order valence-electron chi connectivity index (χ0n) is 10.4. The lowest BCUT2D eigenvalue weighted by atomic mass is 10.1. The summed E-state index contributed by atoms with van der Waals surface area (Å²) in [7, 11) is 0. The van der Waals surface area contributed by atoms with Gasteiger partial charge >= 0.3 is 0 Å². The first-order valence-electron chi connectivity index (χ1n) is 6.45. The topological polar surface area (TPSA) is 24.9 Å². The van der Waals surface area contributed by atoms with E-state index in [4.69, 9.17) is 0 Å². The molecule has 1 aromatic carbocycles. The molecule has 0 bridgehead atoms. The largest absolute Gasteiger partial charge is 0.313 e. The molecule has 0 aliphatic carbocycles. The number of rotatable bonds is 6. The first kappa shape index (κ1) is 12.1. The van der Waals surface area contributed by atoms with Gasteiger partial charge in [-0.2, -0.15) is 0 Å². The minimum Gasteiger partial charge on any atom is -0.313 e. The standard InChI is InChI=1S/C15H20N2/c1-2-3-6-10-16-12-13-9-11-17-15-8-5-4-7-14(13)15/h4-5,7-9,11,16H,2-3,6,10,12H2,1H3. The lowest BCUT2D eigenvalue weighted by molar-refractivity contribution is 0.618. The van der Waals surface area contributed by atoms with Crippen LogP contribution in [0.1, 0.15) is 31.7 Å². The molecule has 0 aliphatic rings. The fraction of sp³-hybridized carbons (Fsp3) is 0.400. The normalized spacial score (nSPS) is 10.9. The molecule has 2 heteroatoms. The molecule has 17 heavy (non-hydrogen) atoms. The highest BCUT2D eigenvalue weighted by Gasteiger charge is 2.00. The van der Waals surface area contributed by atoms with Gasteiger partial charge in [-0.05, 0) is 30.7 Å². The third-order valence-electron chi connectivity index (χ3n) is 3.01. The van der Waals surface area contributed by atoms with Crippen molar-refractivity contribution in [3.8, 4) is 0 Å². The molecule has 1 heterocycles. The van der Waals surface area contributed by atoms with E-state index in [0.717, 1.165) is 18.6 Å². The van der Waals surface area contributed by atoms with Gasteiger partial charge in [0.05, 0.1) is 5.52 Å². The second-order valence-corrected chi connectivity index (χ2v) is 4.37. The molecule has 0 atom stereocenters. The van der Waals surface area contributed by atoms with Crippen LogP contribution in [0.25, 0.3) is 10.9 Å². The summed E-state index contributed by atoms with van der Waals surface area (Å²) in [6, 6.07) is 10.4. The maximum Gasteiger partial charge on any atom is 0.0705 e. The number of aromatic nitrogens is 1. The van der Waals surface area contributed by atoms with Crippen molar-refractivity contribution in [2.45, 2.75) is 32.7 Å². The van der Waals surface area contributed by atoms with Crippen molar-refractivity contribution < 1.29 is 0 Å². The fourth-order valence-corrected chi connectivity index (χ4v) is 2.03. The monoisotopic (exact) mass is 228 g/mol. The Morgan fingerprint density at radius 1 is 1.12 bits per heavy atom. The molecule has 1 aromatic heterocycles. The third kappa shape index (κ3) is 3.27. The number of fused-ring (bicyclic) bond motifs is 1. The van der Waals surface area contributed by atoms with Crippen LogP contribution in [-0.2, 0) is 6.54 Å². The van der Waals surface area contributed by atoms with Crippen molar-refractivity contribution in [1.29, 1.82) is 0 Å². The van der Waals surface area contributed by atoms with Crippen molar-refractivity contribution in [2.24, 2.45) is 0 Å². The van der Waals surface area contributed by atoms with Crippen molar-refractivity contribution in [2.75, 3.05) is 6.54 Å². The number of para-hydroxylation sites is 1. The average molecular weight is 228 g/mol. The van der Waals surface area contributed by atoms with Crippen LogP contribution in [0.3, 0.4) is 0 Å². The van der Waals surface area contributed by atoms with Gasteiger partial charge in [-0.1, -0.05) is 38.0 Å². The number of benzene rings is 1. The molecule has 0 spiro atoms. The Hall–Kier alpha value is -1.41. The minimum absolute atomic E-state index is 0.937. The molecule has 2 rings (SSSR count). The lowest BCUT2D eigenvalue weighted by Crippen LogP contribution is -2.14. The van der Waals surface area contributed by atoms with Crippen LogP contribution in [0.4, 0.5) is 0 Å². The van der Waals surface area contributed by atoms with Gasteiger partial charge in [0.15, 0.2) is 0 Å². The summed E-state index contributed by atoms with van der Waals surface area (Å²) in [5.74, 6) is 0. The number of nitrogens with zero attached hydrogens (tertiary/aromatic N) is 1. The Bertz CT molecular complexity index is 460. The number of hydrogen-bond acceptors (Lipinski definition) is 2. The van der Waals surface area contributed by atoms with Crippen LogP contribution in [0, 0.1) is 0 Å². The van der Waals surface area contributed by atoms with Crippen LogP contribution in [-0.4, -0.2) is 11.5 Å². The molecule has 2 nitrogen and oxygen atoms in total. The van der Waals surface area contributed by atoms with E-state index in [0.29, 0.717) is 0 Å². The van der Waals surface area contributed by atoms with E-state index in [1.165, 1.54) is 30.2 Å². The van der Waals surface area contributed by atoms with Crippen LogP contribution in [0.15, 0.2) is 36.5 Å². The molecule has 90 valence electrons. The van der Waals surface area contributed by atoms with Gasteiger partial charge < -0.3 is 5.32 Å². The Labute approximate surface area is 103 Å². The Balaban J connectivity index is 1.98. The molecular weight excluding hydrogens is 208 g/mol. The van der Waals surface area contributed by atoms with Gasteiger partial charge in [0.1, 0.15) is 0 Å². The highest BCUT2D eigenvalue weighted by molar-refractivity contribution is 5.81. The van der Waals surface area contributed by atoms with E-state index in [9.17, 15) is 0 Å². The summed E-state index contributed by atoms with van der Waals surface area (Å²) in [6.45, 7) is 4.27. The predicted octanol–water partition coefficient (Wildman–Crippen LogP) is 3.51. The first-order chi connectivity index (χ1) is 8.42. The lowest BCUT2D eigenvalue weighted by Gasteiger charge is -2.07. The van der Waals surface area contributed by atoms with Crippen molar-refractivity contribution in [3.63, 3.8) is 0 Å². The fourth-order valence-electron chi connectivity index (χ4n) is 2.03. The van der Waals surface area contributed by atoms with Crippen LogP contribution in [0.5, 0.6) is 0 Å². The van der Waals surface area contributed by atoms with E-state index < -0.39 is 0 Å². The van der Waals surface area contributed by atoms with Gasteiger partial charge in [0.2, 0.25) is 0 Å². The summed E-state index contributed by atoms with van der Waals surface area (Å²) in [4.78, 5) is 4.37. The molecule has 0 amide bonds. The van der Waals surface area contributed by atoms with Gasteiger partial charge in [0.25, 0.3) is 0 Å². The van der Waals surface area contributed by atoms with E-state index in [2.05, 4.69) is 41.5 Å².